The summed E-state index contributed by atoms with van der Waals surface area (Å²) in [6.07, 6.45) is 4.62. The third-order valence-electron chi connectivity index (χ3n) is 4.04. The van der Waals surface area contributed by atoms with Gasteiger partial charge in [-0.2, -0.15) is 0 Å². The van der Waals surface area contributed by atoms with E-state index in [2.05, 4.69) is 22.1 Å². The van der Waals surface area contributed by atoms with Gasteiger partial charge in [-0.25, -0.2) is 4.98 Å². The first kappa shape index (κ1) is 16.2. The first-order valence-electron chi connectivity index (χ1n) is 7.79. The van der Waals surface area contributed by atoms with Crippen LogP contribution in [0.5, 0.6) is 0 Å². The van der Waals surface area contributed by atoms with Gasteiger partial charge in [-0.05, 0) is 51.4 Å². The van der Waals surface area contributed by atoms with Crippen LogP contribution in [0.4, 0.5) is 0 Å². The number of pyridine rings is 1. The summed E-state index contributed by atoms with van der Waals surface area (Å²) < 4.78 is 0. The molecule has 1 fully saturated rings. The fourth-order valence-corrected chi connectivity index (χ4v) is 2.92. The van der Waals surface area contributed by atoms with Crippen molar-refractivity contribution in [3.8, 4) is 0 Å². The number of carbonyl (C=O) groups is 1. The van der Waals surface area contributed by atoms with Crippen LogP contribution in [0.25, 0.3) is 0 Å². The van der Waals surface area contributed by atoms with Crippen LogP contribution >= 0.6 is 11.6 Å². The third kappa shape index (κ3) is 4.68. The molecule has 1 saturated heterocycles. The molecule has 0 saturated carbocycles. The Bertz CT molecular complexity index is 486. The molecule has 0 bridgehead atoms. The third-order valence-corrected chi connectivity index (χ3v) is 4.24. The van der Waals surface area contributed by atoms with Crippen molar-refractivity contribution in [3.63, 3.8) is 0 Å². The van der Waals surface area contributed by atoms with Gasteiger partial charge in [-0.1, -0.05) is 24.9 Å². The quantitative estimate of drug-likeness (QED) is 0.851. The van der Waals surface area contributed by atoms with E-state index in [-0.39, 0.29) is 5.91 Å². The molecule has 2 heterocycles. The lowest BCUT2D eigenvalue weighted by molar-refractivity contribution is 0.0930. The number of aryl methyl sites for hydroxylation is 1. The highest BCUT2D eigenvalue weighted by molar-refractivity contribution is 6.29. The Balaban J connectivity index is 1.90. The normalized spacial score (nSPS) is 17.5. The number of rotatable bonds is 5. The molecule has 1 aliphatic rings. The predicted octanol–water partition coefficient (Wildman–Crippen LogP) is 2.90. The maximum atomic E-state index is 12.2. The van der Waals surface area contributed by atoms with Gasteiger partial charge in [0.2, 0.25) is 0 Å². The van der Waals surface area contributed by atoms with Gasteiger partial charge < -0.3 is 5.32 Å². The minimum Gasteiger partial charge on any atom is -0.350 e. The molecule has 0 radical (unpaired) electrons. The molecule has 4 nitrogen and oxygen atoms in total. The van der Waals surface area contributed by atoms with Gasteiger partial charge in [-0.15, -0.1) is 0 Å². The smallest absolute Gasteiger partial charge is 0.251 e. The lowest BCUT2D eigenvalue weighted by Crippen LogP contribution is -2.44. The molecule has 1 unspecified atom stereocenters. The lowest BCUT2D eigenvalue weighted by Gasteiger charge is -2.32. The van der Waals surface area contributed by atoms with Crippen molar-refractivity contribution in [1.82, 2.24) is 15.2 Å². The molecule has 1 aromatic rings. The van der Waals surface area contributed by atoms with Crippen LogP contribution in [-0.2, 0) is 6.42 Å². The molecule has 1 amide bonds. The number of amides is 1. The monoisotopic (exact) mass is 309 g/mol. The van der Waals surface area contributed by atoms with Crippen molar-refractivity contribution in [2.45, 2.75) is 45.6 Å². The van der Waals surface area contributed by atoms with E-state index in [4.69, 9.17) is 11.6 Å². The van der Waals surface area contributed by atoms with Gasteiger partial charge in [0.25, 0.3) is 5.91 Å². The number of aromatic nitrogens is 1. The summed E-state index contributed by atoms with van der Waals surface area (Å²) in [6.45, 7) is 7.11. The minimum atomic E-state index is -0.0714. The zero-order valence-corrected chi connectivity index (χ0v) is 13.6. The van der Waals surface area contributed by atoms with E-state index in [0.717, 1.165) is 25.2 Å². The second-order valence-electron chi connectivity index (χ2n) is 5.68. The average molecular weight is 310 g/mol. The molecule has 0 aliphatic carbocycles. The van der Waals surface area contributed by atoms with Gasteiger partial charge >= 0.3 is 0 Å². The van der Waals surface area contributed by atoms with Gasteiger partial charge in [0.05, 0.1) is 0 Å². The fraction of sp³-hybridized carbons (Fsp3) is 0.625. The molecule has 0 aromatic carbocycles. The minimum absolute atomic E-state index is 0.0714. The molecule has 0 spiro atoms. The van der Waals surface area contributed by atoms with Crippen molar-refractivity contribution in [1.29, 1.82) is 0 Å². The zero-order chi connectivity index (χ0) is 15.2. The van der Waals surface area contributed by atoms with E-state index in [1.807, 2.05) is 13.0 Å². The largest absolute Gasteiger partial charge is 0.350 e. The Morgan fingerprint density at radius 1 is 1.38 bits per heavy atom. The van der Waals surface area contributed by atoms with Gasteiger partial charge in [0, 0.05) is 23.8 Å². The van der Waals surface area contributed by atoms with Gasteiger partial charge in [0.15, 0.2) is 0 Å². The van der Waals surface area contributed by atoms with E-state index < -0.39 is 0 Å². The molecule has 2 rings (SSSR count). The molecule has 1 atom stereocenters. The summed E-state index contributed by atoms with van der Waals surface area (Å²) in [5, 5.41) is 3.39. The van der Waals surface area contributed by atoms with Crippen LogP contribution in [0.2, 0.25) is 5.15 Å². The van der Waals surface area contributed by atoms with Crippen LogP contribution in [0.1, 0.15) is 49.2 Å². The molecular weight excluding hydrogens is 286 g/mol. The van der Waals surface area contributed by atoms with Crippen LogP contribution in [-0.4, -0.2) is 41.5 Å². The summed E-state index contributed by atoms with van der Waals surface area (Å²) >= 11 is 5.96. The number of hydrogen-bond donors (Lipinski definition) is 1. The van der Waals surface area contributed by atoms with Crippen LogP contribution in [0.15, 0.2) is 12.1 Å². The van der Waals surface area contributed by atoms with E-state index in [1.165, 1.54) is 19.3 Å². The summed E-state index contributed by atoms with van der Waals surface area (Å²) in [5.41, 5.74) is 1.44. The number of likely N-dealkylation sites (tertiary alicyclic amines) is 1. The second kappa shape index (κ2) is 7.76. The molecule has 21 heavy (non-hydrogen) atoms. The maximum absolute atomic E-state index is 12.2. The van der Waals surface area contributed by atoms with Gasteiger partial charge in [0.1, 0.15) is 5.15 Å². The Labute approximate surface area is 131 Å². The Kier molecular flexibility index (Phi) is 6.00. The van der Waals surface area contributed by atoms with Gasteiger partial charge in [-0.3, -0.25) is 9.69 Å². The van der Waals surface area contributed by atoms with Crippen LogP contribution < -0.4 is 5.32 Å². The Morgan fingerprint density at radius 2 is 2.10 bits per heavy atom. The molecule has 1 aromatic heterocycles. The highest BCUT2D eigenvalue weighted by Gasteiger charge is 2.17. The van der Waals surface area contributed by atoms with E-state index in [0.29, 0.717) is 23.3 Å². The molecule has 1 aliphatic heterocycles. The predicted molar refractivity (Wildman–Crippen MR) is 85.8 cm³/mol. The summed E-state index contributed by atoms with van der Waals surface area (Å²) in [6, 6.07) is 3.81. The van der Waals surface area contributed by atoms with Crippen molar-refractivity contribution < 1.29 is 4.79 Å². The number of hydrogen-bond acceptors (Lipinski definition) is 3. The highest BCUT2D eigenvalue weighted by atomic mass is 35.5. The van der Waals surface area contributed by atoms with Crippen molar-refractivity contribution in [2.75, 3.05) is 19.6 Å². The second-order valence-corrected chi connectivity index (χ2v) is 6.07. The van der Waals surface area contributed by atoms with Crippen molar-refractivity contribution in [3.05, 3.63) is 28.5 Å². The van der Waals surface area contributed by atoms with Crippen molar-refractivity contribution in [2.24, 2.45) is 0 Å². The lowest BCUT2D eigenvalue weighted by atomic mass is 10.1. The SMILES string of the molecule is CCc1cc(C(=O)NCC(C)N2CCCCC2)cc(Cl)n1. The number of piperidine rings is 1. The van der Waals surface area contributed by atoms with E-state index in [1.54, 1.807) is 6.07 Å². The molecular formula is C16H24ClN3O. The summed E-state index contributed by atoms with van der Waals surface area (Å²) in [7, 11) is 0. The topological polar surface area (TPSA) is 45.2 Å². The fourth-order valence-electron chi connectivity index (χ4n) is 2.69. The number of carbonyl (C=O) groups excluding carboxylic acids is 1. The zero-order valence-electron chi connectivity index (χ0n) is 12.9. The number of nitrogens with zero attached hydrogens (tertiary/aromatic N) is 2. The number of nitrogens with one attached hydrogen (secondary N) is 1. The average Bonchev–Trinajstić information content (AvgIpc) is 2.52. The summed E-state index contributed by atoms with van der Waals surface area (Å²) in [5.74, 6) is -0.0714. The van der Waals surface area contributed by atoms with Crippen LogP contribution in [0, 0.1) is 0 Å². The van der Waals surface area contributed by atoms with E-state index in [9.17, 15) is 4.79 Å². The maximum Gasteiger partial charge on any atom is 0.251 e. The standard InChI is InChI=1S/C16H24ClN3O/c1-3-14-9-13(10-15(17)19-14)16(21)18-11-12(2)20-7-5-4-6-8-20/h9-10,12H,3-8,11H2,1-2H3,(H,18,21). The molecule has 1 N–H and O–H groups in total. The summed E-state index contributed by atoms with van der Waals surface area (Å²) in [4.78, 5) is 18.9. The number of halogens is 1. The Morgan fingerprint density at radius 3 is 2.76 bits per heavy atom. The molecule has 5 heteroatoms. The highest BCUT2D eigenvalue weighted by Crippen LogP contribution is 2.13. The van der Waals surface area contributed by atoms with Crippen LogP contribution in [0.3, 0.4) is 0 Å². The Hall–Kier alpha value is -1.13. The molecule has 116 valence electrons. The first-order valence-corrected chi connectivity index (χ1v) is 8.16. The van der Waals surface area contributed by atoms with Crippen molar-refractivity contribution >= 4 is 17.5 Å². The first-order chi connectivity index (χ1) is 10.1. The van der Waals surface area contributed by atoms with E-state index >= 15 is 0 Å².